The summed E-state index contributed by atoms with van der Waals surface area (Å²) in [6.45, 7) is 6.60. The van der Waals surface area contributed by atoms with Crippen molar-refractivity contribution < 1.29 is 4.74 Å². The summed E-state index contributed by atoms with van der Waals surface area (Å²) in [6, 6.07) is 4.49. The molecule has 2 heterocycles. The lowest BCUT2D eigenvalue weighted by Gasteiger charge is -2.15. The van der Waals surface area contributed by atoms with Crippen LogP contribution in [0.15, 0.2) is 17.5 Å². The molecule has 2 heteroatoms. The average molecular weight is 325 g/mol. The number of hydrogen-bond donors (Lipinski definition) is 0. The predicted molar refractivity (Wildman–Crippen MR) is 99.9 cm³/mol. The van der Waals surface area contributed by atoms with Gasteiger partial charge in [0, 0.05) is 18.1 Å². The summed E-state index contributed by atoms with van der Waals surface area (Å²) in [7, 11) is 0. The van der Waals surface area contributed by atoms with Crippen molar-refractivity contribution in [2.45, 2.75) is 84.5 Å². The molecule has 128 valence electrons. The van der Waals surface area contributed by atoms with Gasteiger partial charge in [-0.1, -0.05) is 71.3 Å². The van der Waals surface area contributed by atoms with Crippen molar-refractivity contribution in [3.63, 3.8) is 0 Å². The third-order valence-corrected chi connectivity index (χ3v) is 5.23. The Morgan fingerprint density at radius 2 is 1.73 bits per heavy atom. The molecule has 1 fully saturated rings. The van der Waals surface area contributed by atoms with Gasteiger partial charge in [-0.05, 0) is 36.6 Å². The first-order valence-electron chi connectivity index (χ1n) is 9.47. The largest absolute Gasteiger partial charge is 0.381 e. The van der Waals surface area contributed by atoms with Crippen LogP contribution in [-0.2, 0) is 11.2 Å². The normalized spacial score (nSPS) is 15.4. The van der Waals surface area contributed by atoms with Crippen molar-refractivity contribution in [3.05, 3.63) is 22.4 Å². The van der Waals surface area contributed by atoms with E-state index in [4.69, 9.17) is 4.74 Å². The lowest BCUT2D eigenvalue weighted by atomic mass is 9.92. The highest BCUT2D eigenvalue weighted by atomic mass is 32.1. The van der Waals surface area contributed by atoms with Crippen molar-refractivity contribution >= 4 is 11.3 Å². The summed E-state index contributed by atoms with van der Waals surface area (Å²) in [5.74, 6) is 0.936. The summed E-state index contributed by atoms with van der Waals surface area (Å²) in [5, 5.41) is 2.21. The second-order valence-corrected chi connectivity index (χ2v) is 7.49. The van der Waals surface area contributed by atoms with Crippen LogP contribution in [0.3, 0.4) is 0 Å². The maximum atomic E-state index is 4.94. The first-order chi connectivity index (χ1) is 10.9. The molecule has 1 aromatic heterocycles. The quantitative estimate of drug-likeness (QED) is 0.427. The second kappa shape index (κ2) is 14.3. The van der Waals surface area contributed by atoms with Crippen molar-refractivity contribution in [2.24, 2.45) is 5.92 Å². The van der Waals surface area contributed by atoms with Crippen LogP contribution in [0.2, 0.25) is 0 Å². The summed E-state index contributed by atoms with van der Waals surface area (Å²) in [6.07, 6.45) is 15.1. The van der Waals surface area contributed by atoms with Crippen molar-refractivity contribution in [1.82, 2.24) is 0 Å². The van der Waals surface area contributed by atoms with Gasteiger partial charge in [0.25, 0.3) is 0 Å². The number of hydrogen-bond acceptors (Lipinski definition) is 2. The molecule has 2 rings (SSSR count). The Balaban J connectivity index is 0.000000406. The Bertz CT molecular complexity index is 309. The topological polar surface area (TPSA) is 9.23 Å². The van der Waals surface area contributed by atoms with E-state index in [-0.39, 0.29) is 0 Å². The van der Waals surface area contributed by atoms with Crippen LogP contribution in [0.5, 0.6) is 0 Å². The van der Waals surface area contributed by atoms with Crippen LogP contribution in [0.1, 0.15) is 82.9 Å². The third kappa shape index (κ3) is 10.4. The first kappa shape index (κ1) is 19.7. The Morgan fingerprint density at radius 1 is 1.00 bits per heavy atom. The van der Waals surface area contributed by atoms with Gasteiger partial charge in [0.05, 0.1) is 0 Å². The maximum absolute atomic E-state index is 4.94. The SMILES string of the molecule is C1CCOC1.CCCCCCC(CCCC)Cc1cccs1. The minimum Gasteiger partial charge on any atom is -0.381 e. The van der Waals surface area contributed by atoms with Gasteiger partial charge >= 0.3 is 0 Å². The lowest BCUT2D eigenvalue weighted by Crippen LogP contribution is -2.04. The number of unbranched alkanes of at least 4 members (excludes halogenated alkanes) is 4. The smallest absolute Gasteiger partial charge is 0.0466 e. The molecule has 1 aliphatic heterocycles. The van der Waals surface area contributed by atoms with Crippen molar-refractivity contribution in [1.29, 1.82) is 0 Å². The molecule has 0 saturated carbocycles. The molecule has 1 atom stereocenters. The van der Waals surface area contributed by atoms with E-state index in [9.17, 15) is 0 Å². The highest BCUT2D eigenvalue weighted by Crippen LogP contribution is 2.23. The molecule has 0 N–H and O–H groups in total. The van der Waals surface area contributed by atoms with Gasteiger partial charge in [-0.2, -0.15) is 0 Å². The van der Waals surface area contributed by atoms with Gasteiger partial charge in [-0.15, -0.1) is 11.3 Å². The van der Waals surface area contributed by atoms with Crippen LogP contribution in [-0.4, -0.2) is 13.2 Å². The predicted octanol–water partition coefficient (Wildman–Crippen LogP) is 6.86. The zero-order valence-corrected chi connectivity index (χ0v) is 15.6. The standard InChI is InChI=1S/C16H28S.C4H8O/c1-3-5-7-8-11-15(10-6-4-2)14-16-12-9-13-17-16;1-2-4-5-3-1/h9,12-13,15H,3-8,10-11,14H2,1-2H3;1-4H2. The fourth-order valence-corrected chi connectivity index (χ4v) is 3.75. The van der Waals surface area contributed by atoms with E-state index in [0.29, 0.717) is 0 Å². The zero-order chi connectivity index (χ0) is 15.9. The highest BCUT2D eigenvalue weighted by Gasteiger charge is 2.09. The Kier molecular flexibility index (Phi) is 12.8. The Hall–Kier alpha value is -0.340. The van der Waals surface area contributed by atoms with Crippen LogP contribution < -0.4 is 0 Å². The van der Waals surface area contributed by atoms with Gasteiger partial charge < -0.3 is 4.74 Å². The van der Waals surface area contributed by atoms with Crippen LogP contribution >= 0.6 is 11.3 Å². The van der Waals surface area contributed by atoms with E-state index >= 15 is 0 Å². The average Bonchev–Trinajstić information content (AvgIpc) is 3.24. The van der Waals surface area contributed by atoms with Gasteiger partial charge in [0.15, 0.2) is 0 Å². The van der Waals surface area contributed by atoms with E-state index < -0.39 is 0 Å². The molecule has 0 aromatic carbocycles. The van der Waals surface area contributed by atoms with E-state index in [1.807, 2.05) is 11.3 Å². The van der Waals surface area contributed by atoms with Gasteiger partial charge in [-0.3, -0.25) is 0 Å². The van der Waals surface area contributed by atoms with E-state index in [1.165, 1.54) is 70.6 Å². The third-order valence-electron chi connectivity index (χ3n) is 4.33. The number of thiophene rings is 1. The molecule has 0 spiro atoms. The molecule has 22 heavy (non-hydrogen) atoms. The van der Waals surface area contributed by atoms with E-state index in [1.54, 1.807) is 4.88 Å². The van der Waals surface area contributed by atoms with Crippen LogP contribution in [0, 0.1) is 5.92 Å². The molecule has 0 aliphatic carbocycles. The summed E-state index contributed by atoms with van der Waals surface area (Å²) in [5.41, 5.74) is 0. The molecule has 0 radical (unpaired) electrons. The van der Waals surface area contributed by atoms with Gasteiger partial charge in [0.2, 0.25) is 0 Å². The van der Waals surface area contributed by atoms with Gasteiger partial charge in [-0.25, -0.2) is 0 Å². The molecule has 1 aromatic rings. The van der Waals surface area contributed by atoms with Crippen LogP contribution in [0.4, 0.5) is 0 Å². The maximum Gasteiger partial charge on any atom is 0.0466 e. The monoisotopic (exact) mass is 324 g/mol. The van der Waals surface area contributed by atoms with Gasteiger partial charge in [0.1, 0.15) is 0 Å². The minimum atomic E-state index is 0.936. The van der Waals surface area contributed by atoms with E-state index in [2.05, 4.69) is 31.4 Å². The molecule has 1 saturated heterocycles. The minimum absolute atomic E-state index is 0.936. The fraction of sp³-hybridized carbons (Fsp3) is 0.800. The molecular formula is C20H36OS. The first-order valence-corrected chi connectivity index (χ1v) is 10.3. The summed E-state index contributed by atoms with van der Waals surface area (Å²) < 4.78 is 4.94. The molecule has 1 aliphatic rings. The Labute approximate surface area is 142 Å². The second-order valence-electron chi connectivity index (χ2n) is 6.46. The summed E-state index contributed by atoms with van der Waals surface area (Å²) in [4.78, 5) is 1.58. The van der Waals surface area contributed by atoms with E-state index in [0.717, 1.165) is 19.1 Å². The number of rotatable bonds is 10. The summed E-state index contributed by atoms with van der Waals surface area (Å²) >= 11 is 1.93. The van der Waals surface area contributed by atoms with Crippen molar-refractivity contribution in [3.8, 4) is 0 Å². The highest BCUT2D eigenvalue weighted by molar-refractivity contribution is 7.09. The molecular weight excluding hydrogens is 288 g/mol. The fourth-order valence-electron chi connectivity index (χ4n) is 2.92. The van der Waals surface area contributed by atoms with Crippen molar-refractivity contribution in [2.75, 3.05) is 13.2 Å². The van der Waals surface area contributed by atoms with Crippen LogP contribution in [0.25, 0.3) is 0 Å². The molecule has 1 unspecified atom stereocenters. The molecule has 0 bridgehead atoms. The number of ether oxygens (including phenoxy) is 1. The zero-order valence-electron chi connectivity index (χ0n) is 14.8. The molecule has 1 nitrogen and oxygen atoms in total. The molecule has 0 amide bonds. The Morgan fingerprint density at radius 3 is 2.27 bits per heavy atom. The lowest BCUT2D eigenvalue weighted by molar-refractivity contribution is 0.198.